The summed E-state index contributed by atoms with van der Waals surface area (Å²) in [7, 11) is -1.64. The van der Waals surface area contributed by atoms with Crippen LogP contribution in [0.3, 0.4) is 0 Å². The first kappa shape index (κ1) is 18.1. The highest BCUT2D eigenvalue weighted by Crippen LogP contribution is 2.42. The van der Waals surface area contributed by atoms with Crippen LogP contribution >= 0.6 is 11.8 Å². The summed E-state index contributed by atoms with van der Waals surface area (Å²) >= 11 is 1.83. The van der Waals surface area contributed by atoms with Crippen LogP contribution in [-0.4, -0.2) is 13.1 Å². The molecule has 0 aliphatic heterocycles. The van der Waals surface area contributed by atoms with Crippen LogP contribution in [0, 0.1) is 0 Å². The zero-order valence-electron chi connectivity index (χ0n) is 14.2. The number of hydrogen-bond acceptors (Lipinski definition) is 2. The van der Waals surface area contributed by atoms with Crippen LogP contribution < -0.4 is 0 Å². The minimum Gasteiger partial charge on any atom is -0.547 e. The van der Waals surface area contributed by atoms with Crippen LogP contribution in [0.1, 0.15) is 27.2 Å². The van der Waals surface area contributed by atoms with Gasteiger partial charge in [-0.3, -0.25) is 0 Å². The second kappa shape index (κ2) is 7.37. The summed E-state index contributed by atoms with van der Waals surface area (Å²) in [5, 5.41) is 0. The standard InChI is InChI=1S/C18H28OSSi/c1-15(2)13-14-18(4,16(3)19-21(5,6)7)20-17-11-9-8-10-12-17/h8-13H,3,14H2,1-2,4-7H3. The minimum absolute atomic E-state index is 0.140. The zero-order chi connectivity index (χ0) is 16.1. The average Bonchev–Trinajstić information content (AvgIpc) is 2.35. The Bertz CT molecular complexity index is 498. The van der Waals surface area contributed by atoms with Gasteiger partial charge in [0.1, 0.15) is 0 Å². The van der Waals surface area contributed by atoms with E-state index in [0.717, 1.165) is 12.2 Å². The molecule has 1 rings (SSSR count). The van der Waals surface area contributed by atoms with Crippen molar-refractivity contribution in [3.63, 3.8) is 0 Å². The van der Waals surface area contributed by atoms with E-state index in [1.54, 1.807) is 0 Å². The highest BCUT2D eigenvalue weighted by Gasteiger charge is 2.32. The summed E-state index contributed by atoms with van der Waals surface area (Å²) < 4.78 is 6.06. The summed E-state index contributed by atoms with van der Waals surface area (Å²) in [6.07, 6.45) is 3.20. The van der Waals surface area contributed by atoms with Crippen LogP contribution in [0.15, 0.2) is 59.2 Å². The number of rotatable bonds is 7. The van der Waals surface area contributed by atoms with Crippen molar-refractivity contribution < 1.29 is 4.43 Å². The van der Waals surface area contributed by atoms with E-state index in [-0.39, 0.29) is 4.75 Å². The molecule has 1 aromatic rings. The fourth-order valence-electron chi connectivity index (χ4n) is 1.84. The second-order valence-electron chi connectivity index (χ2n) is 6.77. The molecule has 0 aliphatic carbocycles. The Balaban J connectivity index is 2.99. The molecule has 3 heteroatoms. The van der Waals surface area contributed by atoms with E-state index >= 15 is 0 Å². The lowest BCUT2D eigenvalue weighted by atomic mass is 10.0. The molecule has 1 nitrogen and oxygen atoms in total. The molecule has 1 aromatic carbocycles. The Hall–Kier alpha value is -0.933. The normalized spacial score (nSPS) is 14.2. The van der Waals surface area contributed by atoms with Crippen LogP contribution in [-0.2, 0) is 4.43 Å². The molecule has 0 saturated heterocycles. The lowest BCUT2D eigenvalue weighted by molar-refractivity contribution is 0.373. The zero-order valence-corrected chi connectivity index (χ0v) is 16.0. The Labute approximate surface area is 135 Å². The lowest BCUT2D eigenvalue weighted by Gasteiger charge is -2.34. The van der Waals surface area contributed by atoms with Crippen molar-refractivity contribution in [1.82, 2.24) is 0 Å². The van der Waals surface area contributed by atoms with Gasteiger partial charge < -0.3 is 4.43 Å². The Kier molecular flexibility index (Phi) is 6.35. The molecule has 0 N–H and O–H groups in total. The van der Waals surface area contributed by atoms with Gasteiger partial charge in [0.25, 0.3) is 0 Å². The number of benzene rings is 1. The molecule has 0 radical (unpaired) electrons. The molecule has 0 saturated carbocycles. The molecule has 1 unspecified atom stereocenters. The third-order valence-electron chi connectivity index (χ3n) is 3.01. The molecule has 21 heavy (non-hydrogen) atoms. The van der Waals surface area contributed by atoms with Gasteiger partial charge in [0.05, 0.1) is 10.5 Å². The number of allylic oxidation sites excluding steroid dienone is 2. The Morgan fingerprint density at radius 2 is 1.81 bits per heavy atom. The third-order valence-corrected chi connectivity index (χ3v) is 5.22. The summed E-state index contributed by atoms with van der Waals surface area (Å²) in [6, 6.07) is 10.5. The van der Waals surface area contributed by atoms with Crippen molar-refractivity contribution in [3.05, 3.63) is 54.3 Å². The Morgan fingerprint density at radius 3 is 2.29 bits per heavy atom. The SMILES string of the molecule is C=C(O[Si](C)(C)C)C(C)(CC=C(C)C)Sc1ccccc1. The molecule has 0 aliphatic rings. The molecule has 116 valence electrons. The monoisotopic (exact) mass is 320 g/mol. The van der Waals surface area contributed by atoms with Gasteiger partial charge in [-0.2, -0.15) is 0 Å². The number of hydrogen-bond donors (Lipinski definition) is 0. The summed E-state index contributed by atoms with van der Waals surface area (Å²) in [5.74, 6) is 0.896. The summed E-state index contributed by atoms with van der Waals surface area (Å²) in [4.78, 5) is 1.25. The van der Waals surface area contributed by atoms with E-state index in [9.17, 15) is 0 Å². The highest BCUT2D eigenvalue weighted by atomic mass is 32.2. The molecular formula is C18H28OSSi. The molecule has 1 atom stereocenters. The van der Waals surface area contributed by atoms with Crippen molar-refractivity contribution in [2.75, 3.05) is 0 Å². The van der Waals surface area contributed by atoms with Crippen molar-refractivity contribution in [2.24, 2.45) is 0 Å². The van der Waals surface area contributed by atoms with Gasteiger partial charge in [-0.1, -0.05) is 36.4 Å². The van der Waals surface area contributed by atoms with Gasteiger partial charge in [-0.05, 0) is 59.0 Å². The molecule has 0 heterocycles. The van der Waals surface area contributed by atoms with Crippen LogP contribution in [0.25, 0.3) is 0 Å². The topological polar surface area (TPSA) is 9.23 Å². The van der Waals surface area contributed by atoms with Crippen LogP contribution in [0.4, 0.5) is 0 Å². The van der Waals surface area contributed by atoms with Gasteiger partial charge in [-0.15, -0.1) is 11.8 Å². The molecule has 0 amide bonds. The first-order chi connectivity index (χ1) is 9.62. The van der Waals surface area contributed by atoms with Crippen LogP contribution in [0.5, 0.6) is 0 Å². The first-order valence-corrected chi connectivity index (χ1v) is 11.6. The van der Waals surface area contributed by atoms with E-state index < -0.39 is 8.32 Å². The van der Waals surface area contributed by atoms with E-state index in [0.29, 0.717) is 0 Å². The first-order valence-electron chi connectivity index (χ1n) is 7.38. The fourth-order valence-corrected chi connectivity index (χ4v) is 4.01. The van der Waals surface area contributed by atoms with Gasteiger partial charge in [0.2, 0.25) is 8.32 Å². The predicted octanol–water partition coefficient (Wildman–Crippen LogP) is 6.26. The Morgan fingerprint density at radius 1 is 1.24 bits per heavy atom. The quantitative estimate of drug-likeness (QED) is 0.254. The molecular weight excluding hydrogens is 292 g/mol. The third kappa shape index (κ3) is 6.57. The smallest absolute Gasteiger partial charge is 0.241 e. The fraction of sp³-hybridized carbons (Fsp3) is 0.444. The second-order valence-corrected chi connectivity index (χ2v) is 12.8. The summed E-state index contributed by atoms with van der Waals surface area (Å²) in [5.41, 5.74) is 1.33. The number of thioether (sulfide) groups is 1. The van der Waals surface area contributed by atoms with Gasteiger partial charge in [0.15, 0.2) is 0 Å². The molecule has 0 bridgehead atoms. The van der Waals surface area contributed by atoms with Crippen LogP contribution in [0.2, 0.25) is 19.6 Å². The van der Waals surface area contributed by atoms with E-state index in [1.807, 2.05) is 17.8 Å². The van der Waals surface area contributed by atoms with Crippen molar-refractivity contribution >= 4 is 20.1 Å². The van der Waals surface area contributed by atoms with Crippen molar-refractivity contribution in [3.8, 4) is 0 Å². The van der Waals surface area contributed by atoms with E-state index in [1.165, 1.54) is 10.5 Å². The maximum absolute atomic E-state index is 6.20. The predicted molar refractivity (Wildman–Crippen MR) is 98.3 cm³/mol. The van der Waals surface area contributed by atoms with Crippen molar-refractivity contribution in [1.29, 1.82) is 0 Å². The lowest BCUT2D eigenvalue weighted by Crippen LogP contribution is -2.33. The van der Waals surface area contributed by atoms with E-state index in [4.69, 9.17) is 4.43 Å². The molecule has 0 spiro atoms. The minimum atomic E-state index is -1.64. The molecule has 0 aromatic heterocycles. The largest absolute Gasteiger partial charge is 0.547 e. The maximum Gasteiger partial charge on any atom is 0.241 e. The average molecular weight is 321 g/mol. The highest BCUT2D eigenvalue weighted by molar-refractivity contribution is 8.00. The van der Waals surface area contributed by atoms with Gasteiger partial charge in [0, 0.05) is 4.90 Å². The van der Waals surface area contributed by atoms with E-state index in [2.05, 4.69) is 77.3 Å². The maximum atomic E-state index is 6.20. The van der Waals surface area contributed by atoms with Crippen molar-refractivity contribution in [2.45, 2.75) is 56.5 Å². The molecule has 0 fully saturated rings. The summed E-state index contributed by atoms with van der Waals surface area (Å²) in [6.45, 7) is 17.3. The van der Waals surface area contributed by atoms with Gasteiger partial charge in [-0.25, -0.2) is 0 Å². The van der Waals surface area contributed by atoms with Gasteiger partial charge >= 0.3 is 0 Å².